The molecule has 73 heavy (non-hydrogen) atoms. The topological polar surface area (TPSA) is 205 Å². The van der Waals surface area contributed by atoms with E-state index in [1.807, 2.05) is 27.3 Å². The number of benzene rings is 2. The number of imide groups is 3. The first-order valence-corrected chi connectivity index (χ1v) is 26.5. The third-order valence-corrected chi connectivity index (χ3v) is 14.2. The van der Waals surface area contributed by atoms with Gasteiger partial charge in [-0.2, -0.15) is 0 Å². The second-order valence-electron chi connectivity index (χ2n) is 19.8. The van der Waals surface area contributed by atoms with Crippen molar-refractivity contribution in [3.8, 4) is 0 Å². The maximum absolute atomic E-state index is 12.7. The molecule has 1 aliphatic carbocycles. The molecule has 6 heterocycles. The molecule has 0 unspecified atom stereocenters. The quantitative estimate of drug-likeness (QED) is 0.0550. The van der Waals surface area contributed by atoms with Crippen molar-refractivity contribution in [3.63, 3.8) is 0 Å². The summed E-state index contributed by atoms with van der Waals surface area (Å²) in [5.74, 6) is -1.89. The van der Waals surface area contributed by atoms with Gasteiger partial charge in [0, 0.05) is 78.4 Å². The Morgan fingerprint density at radius 2 is 0.890 bits per heavy atom. The van der Waals surface area contributed by atoms with Crippen molar-refractivity contribution in [1.29, 1.82) is 0 Å². The number of rotatable bonds is 19. The molecule has 9 rings (SSSR count). The highest BCUT2D eigenvalue weighted by molar-refractivity contribution is 6.10. The van der Waals surface area contributed by atoms with Gasteiger partial charge in [-0.05, 0) is 67.2 Å². The van der Waals surface area contributed by atoms with Gasteiger partial charge in [0.25, 0.3) is 17.7 Å². The largest absolute Gasteiger partial charge is 0.347 e. The Hall–Kier alpha value is -7.03. The number of nitrogens with one attached hydrogen (secondary N) is 3. The standard InChI is InChI=1S/C23H22N2O3.C18H24N2O3.C17H24N2O3/c1-2-3-11-25-17(12-16-9-6-8-15-7-4-5-10-18(15)16)13-20(26)22-19(25)14-21(27)24-23(22)28;1-2-3-4-9-20-13(8-7-12-5-6-12)10-15(21)17-14(20)11-16(22)19-18(17)23;1-3-5-7-9-19-12(8-6-4-2)10-14(20)16-13(19)11-15(21)18-17(16)22/h4-10,13H,2-3,11-12,14H2,1H3,(H,24,27,28);10,12H,2-9,11H2,1H3,(H,19,22,23);10H,3-9,11H2,1-2H3,(H,18,21,22). The average molecular weight is 995 g/mol. The number of unbranched alkanes of at least 4 members (excludes halogenated alkanes) is 6. The average Bonchev–Trinajstić information content (AvgIpc) is 4.19. The minimum absolute atomic E-state index is 0.0589. The molecule has 3 N–H and O–H groups in total. The Labute approximate surface area is 426 Å². The van der Waals surface area contributed by atoms with Crippen LogP contribution in [-0.4, -0.2) is 49.1 Å². The molecule has 2 aromatic carbocycles. The number of carbonyl (C=O) groups excluding carboxylic acids is 6. The van der Waals surface area contributed by atoms with Crippen LogP contribution in [-0.2, 0) is 72.5 Å². The fraction of sp³-hybridized carbons (Fsp3) is 0.466. The van der Waals surface area contributed by atoms with Crippen LogP contribution >= 0.6 is 0 Å². The van der Waals surface area contributed by atoms with Gasteiger partial charge < -0.3 is 13.7 Å². The summed E-state index contributed by atoms with van der Waals surface area (Å²) in [5.41, 5.74) is 5.25. The van der Waals surface area contributed by atoms with E-state index in [0.717, 1.165) is 136 Å². The molecule has 15 nitrogen and oxygen atoms in total. The highest BCUT2D eigenvalue weighted by Crippen LogP contribution is 2.34. The summed E-state index contributed by atoms with van der Waals surface area (Å²) < 4.78 is 6.13. The molecule has 0 bridgehead atoms. The maximum Gasteiger partial charge on any atom is 0.263 e. The number of amides is 6. The lowest BCUT2D eigenvalue weighted by Gasteiger charge is -2.24. The number of carbonyl (C=O) groups is 6. The molecule has 0 saturated heterocycles. The van der Waals surface area contributed by atoms with Crippen LogP contribution < -0.4 is 32.2 Å². The van der Waals surface area contributed by atoms with E-state index in [2.05, 4.69) is 72.5 Å². The number of hydrogen-bond donors (Lipinski definition) is 3. The maximum atomic E-state index is 12.7. The molecule has 6 amide bonds. The first-order valence-electron chi connectivity index (χ1n) is 26.5. The Morgan fingerprint density at radius 3 is 1.37 bits per heavy atom. The van der Waals surface area contributed by atoms with Crippen molar-refractivity contribution in [2.24, 2.45) is 5.92 Å². The summed E-state index contributed by atoms with van der Waals surface area (Å²) in [4.78, 5) is 109. The van der Waals surface area contributed by atoms with E-state index in [-0.39, 0.29) is 70.0 Å². The summed E-state index contributed by atoms with van der Waals surface area (Å²) in [6, 6.07) is 19.1. The van der Waals surface area contributed by atoms with Gasteiger partial charge in [0.15, 0.2) is 16.3 Å². The third-order valence-electron chi connectivity index (χ3n) is 14.2. The molecule has 3 aromatic heterocycles. The van der Waals surface area contributed by atoms with Crippen LogP contribution in [0.2, 0.25) is 0 Å². The Bertz CT molecular complexity index is 3100. The first-order chi connectivity index (χ1) is 35.3. The zero-order valence-electron chi connectivity index (χ0n) is 42.9. The van der Waals surface area contributed by atoms with Gasteiger partial charge in [0.1, 0.15) is 16.7 Å². The van der Waals surface area contributed by atoms with Crippen molar-refractivity contribution < 1.29 is 28.8 Å². The van der Waals surface area contributed by atoms with E-state index < -0.39 is 17.7 Å². The zero-order chi connectivity index (χ0) is 52.2. The van der Waals surface area contributed by atoms with Crippen LogP contribution in [0.15, 0.2) is 75.0 Å². The smallest absolute Gasteiger partial charge is 0.263 e. The van der Waals surface area contributed by atoms with Crippen LogP contribution in [0.3, 0.4) is 0 Å². The van der Waals surface area contributed by atoms with Crippen LogP contribution in [0.5, 0.6) is 0 Å². The zero-order valence-corrected chi connectivity index (χ0v) is 42.9. The monoisotopic (exact) mass is 995 g/mol. The van der Waals surface area contributed by atoms with E-state index >= 15 is 0 Å². The lowest BCUT2D eigenvalue weighted by molar-refractivity contribution is -0.120. The van der Waals surface area contributed by atoms with E-state index in [1.165, 1.54) is 12.8 Å². The summed E-state index contributed by atoms with van der Waals surface area (Å²) in [5, 5.41) is 9.06. The molecule has 4 aliphatic rings. The molecular weight excluding hydrogens is 925 g/mol. The van der Waals surface area contributed by atoms with Crippen molar-refractivity contribution in [2.75, 3.05) is 0 Å². The van der Waals surface area contributed by atoms with E-state index in [9.17, 15) is 43.2 Å². The molecule has 386 valence electrons. The van der Waals surface area contributed by atoms with E-state index in [4.69, 9.17) is 0 Å². The van der Waals surface area contributed by atoms with Crippen molar-refractivity contribution in [2.45, 2.75) is 169 Å². The fourth-order valence-corrected chi connectivity index (χ4v) is 10.2. The highest BCUT2D eigenvalue weighted by atomic mass is 16.2. The minimum Gasteiger partial charge on any atom is -0.347 e. The summed E-state index contributed by atoms with van der Waals surface area (Å²) >= 11 is 0. The Morgan fingerprint density at radius 1 is 0.466 bits per heavy atom. The molecule has 3 aliphatic heterocycles. The predicted octanol–water partition coefficient (Wildman–Crippen LogP) is 7.59. The normalized spacial score (nSPS) is 14.7. The van der Waals surface area contributed by atoms with E-state index in [0.29, 0.717) is 30.0 Å². The number of aryl methyl sites for hydroxylation is 2. The van der Waals surface area contributed by atoms with Crippen molar-refractivity contribution in [1.82, 2.24) is 29.7 Å². The fourth-order valence-electron chi connectivity index (χ4n) is 10.2. The van der Waals surface area contributed by atoms with Crippen LogP contribution in [0.25, 0.3) is 10.8 Å². The first kappa shape index (κ1) is 53.8. The van der Waals surface area contributed by atoms with Gasteiger partial charge in [0.2, 0.25) is 17.7 Å². The lowest BCUT2D eigenvalue weighted by atomic mass is 9.98. The number of aromatic nitrogens is 3. The summed E-state index contributed by atoms with van der Waals surface area (Å²) in [7, 11) is 0. The molecule has 0 atom stereocenters. The molecule has 0 radical (unpaired) electrons. The van der Waals surface area contributed by atoms with Crippen LogP contribution in [0.4, 0.5) is 0 Å². The number of fused-ring (bicyclic) bond motifs is 4. The third kappa shape index (κ3) is 13.1. The second-order valence-corrected chi connectivity index (χ2v) is 19.8. The second kappa shape index (κ2) is 25.1. The van der Waals surface area contributed by atoms with Crippen molar-refractivity contribution >= 4 is 46.2 Å². The Kier molecular flexibility index (Phi) is 18.5. The number of hydrogen-bond acceptors (Lipinski definition) is 9. The minimum atomic E-state index is -0.585. The van der Waals surface area contributed by atoms with Gasteiger partial charge in [-0.3, -0.25) is 59.1 Å². The summed E-state index contributed by atoms with van der Waals surface area (Å²) in [6.07, 6.45) is 16.5. The molecule has 1 saturated carbocycles. The summed E-state index contributed by atoms with van der Waals surface area (Å²) in [6.45, 7) is 10.7. The van der Waals surface area contributed by atoms with Gasteiger partial charge in [-0.25, -0.2) is 0 Å². The van der Waals surface area contributed by atoms with Crippen LogP contribution in [0.1, 0.15) is 182 Å². The lowest BCUT2D eigenvalue weighted by Crippen LogP contribution is -2.43. The molecule has 15 heteroatoms. The predicted molar refractivity (Wildman–Crippen MR) is 281 cm³/mol. The van der Waals surface area contributed by atoms with E-state index in [1.54, 1.807) is 18.2 Å². The van der Waals surface area contributed by atoms with Crippen LogP contribution in [0, 0.1) is 5.92 Å². The van der Waals surface area contributed by atoms with Gasteiger partial charge in [0.05, 0.1) is 19.3 Å². The highest BCUT2D eigenvalue weighted by Gasteiger charge is 2.32. The number of nitrogens with zero attached hydrogens (tertiary/aromatic N) is 3. The Balaban J connectivity index is 0.000000162. The van der Waals surface area contributed by atoms with Gasteiger partial charge in [-0.1, -0.05) is 122 Å². The van der Waals surface area contributed by atoms with Gasteiger partial charge >= 0.3 is 0 Å². The molecular formula is C58H70N6O9. The SMILES string of the molecule is CCCCCn1c(CCC2CC2)cc(=O)c2c1CC(=O)NC2=O.CCCCCn1c(CCCC)cc(=O)c2c1CC(=O)NC2=O.CCCCn1c(Cc2cccc3ccccc23)cc(=O)c2c1CC(=O)NC2=O. The molecule has 1 fully saturated rings. The van der Waals surface area contributed by atoms with Gasteiger partial charge in [-0.15, -0.1) is 0 Å². The molecule has 5 aromatic rings. The van der Waals surface area contributed by atoms with Crippen molar-refractivity contribution in [3.05, 3.63) is 148 Å². The molecule has 0 spiro atoms. The number of pyridine rings is 3.